The second kappa shape index (κ2) is 8.42. The number of carbonyl (C=O) groups excluding carboxylic acids is 2. The van der Waals surface area contributed by atoms with E-state index in [2.05, 4.69) is 9.97 Å². The van der Waals surface area contributed by atoms with Crippen LogP contribution in [-0.2, 0) is 9.53 Å². The maximum Gasteiger partial charge on any atom is 0.331 e. The molecule has 0 bridgehead atoms. The van der Waals surface area contributed by atoms with Crippen LogP contribution in [0.3, 0.4) is 0 Å². The van der Waals surface area contributed by atoms with Crippen molar-refractivity contribution < 1.29 is 14.3 Å². The number of benzene rings is 1. The first-order valence-electron chi connectivity index (χ1n) is 9.35. The lowest BCUT2D eigenvalue weighted by molar-refractivity contribution is -0.136. The Morgan fingerprint density at radius 1 is 1.13 bits per heavy atom. The molecule has 0 N–H and O–H groups in total. The van der Waals surface area contributed by atoms with Crippen LogP contribution in [0.15, 0.2) is 60.2 Å². The minimum absolute atomic E-state index is 0.250. The van der Waals surface area contributed by atoms with Crippen molar-refractivity contribution in [1.82, 2.24) is 14.5 Å². The Morgan fingerprint density at radius 3 is 2.77 bits per heavy atom. The van der Waals surface area contributed by atoms with E-state index in [-0.39, 0.29) is 12.4 Å². The molecule has 0 aliphatic carbocycles. The molecule has 3 aromatic heterocycles. The van der Waals surface area contributed by atoms with Gasteiger partial charge in [0.1, 0.15) is 0 Å². The molecule has 0 saturated carbocycles. The van der Waals surface area contributed by atoms with E-state index in [1.54, 1.807) is 24.5 Å². The summed E-state index contributed by atoms with van der Waals surface area (Å²) >= 11 is 1.49. The summed E-state index contributed by atoms with van der Waals surface area (Å²) in [4.78, 5) is 33.4. The van der Waals surface area contributed by atoms with Crippen LogP contribution in [0.25, 0.3) is 22.1 Å². The van der Waals surface area contributed by atoms with Gasteiger partial charge >= 0.3 is 5.97 Å². The summed E-state index contributed by atoms with van der Waals surface area (Å²) in [5.74, 6) is -0.829. The molecule has 0 spiro atoms. The van der Waals surface area contributed by atoms with E-state index < -0.39 is 5.97 Å². The third-order valence-corrected chi connectivity index (χ3v) is 5.51. The smallest absolute Gasteiger partial charge is 0.331 e. The highest BCUT2D eigenvalue weighted by Gasteiger charge is 2.18. The highest BCUT2D eigenvalue weighted by Crippen LogP contribution is 2.22. The van der Waals surface area contributed by atoms with Crippen LogP contribution in [-0.4, -0.2) is 32.9 Å². The van der Waals surface area contributed by atoms with Gasteiger partial charge in [-0.15, -0.1) is 11.3 Å². The van der Waals surface area contributed by atoms with E-state index in [0.29, 0.717) is 5.56 Å². The molecule has 0 fully saturated rings. The van der Waals surface area contributed by atoms with E-state index in [1.165, 1.54) is 17.4 Å². The predicted octanol–water partition coefficient (Wildman–Crippen LogP) is 4.54. The summed E-state index contributed by atoms with van der Waals surface area (Å²) in [7, 11) is 0. The van der Waals surface area contributed by atoms with Gasteiger partial charge in [-0.3, -0.25) is 14.3 Å². The number of ether oxygens (including phenoxy) is 1. The monoisotopic (exact) mass is 417 g/mol. The van der Waals surface area contributed by atoms with Crippen molar-refractivity contribution in [3.63, 3.8) is 0 Å². The fourth-order valence-electron chi connectivity index (χ4n) is 3.35. The number of rotatable bonds is 6. The Balaban J connectivity index is 1.44. The number of carbonyl (C=O) groups is 2. The van der Waals surface area contributed by atoms with E-state index in [1.807, 2.05) is 54.1 Å². The first-order chi connectivity index (χ1) is 14.5. The molecule has 0 atom stereocenters. The van der Waals surface area contributed by atoms with Crippen molar-refractivity contribution in [3.8, 4) is 5.13 Å². The molecule has 1 aromatic carbocycles. The normalized spacial score (nSPS) is 11.3. The Labute approximate surface area is 177 Å². The molecule has 7 heteroatoms. The zero-order chi connectivity index (χ0) is 21.1. The van der Waals surface area contributed by atoms with Crippen molar-refractivity contribution in [2.24, 2.45) is 0 Å². The number of Topliss-reactive ketones (excluding diaryl/α,β-unsaturated/α-hetero) is 1. The maximum atomic E-state index is 12.6. The number of ketones is 1. The van der Waals surface area contributed by atoms with Crippen LogP contribution in [0.5, 0.6) is 0 Å². The number of thiazole rings is 1. The highest BCUT2D eigenvalue weighted by atomic mass is 32.1. The Morgan fingerprint density at radius 2 is 1.97 bits per heavy atom. The van der Waals surface area contributed by atoms with Crippen molar-refractivity contribution >= 4 is 40.1 Å². The highest BCUT2D eigenvalue weighted by molar-refractivity contribution is 7.12. The molecule has 0 unspecified atom stereocenters. The number of esters is 1. The van der Waals surface area contributed by atoms with E-state index in [0.717, 1.165) is 33.0 Å². The van der Waals surface area contributed by atoms with Gasteiger partial charge in [0.25, 0.3) is 0 Å². The summed E-state index contributed by atoms with van der Waals surface area (Å²) in [6.07, 6.45) is 6.39. The van der Waals surface area contributed by atoms with Crippen LogP contribution in [0.4, 0.5) is 0 Å². The zero-order valence-corrected chi connectivity index (χ0v) is 17.3. The minimum atomic E-state index is -0.579. The van der Waals surface area contributed by atoms with Crippen molar-refractivity contribution in [2.45, 2.75) is 13.8 Å². The summed E-state index contributed by atoms with van der Waals surface area (Å²) in [5.41, 5.74) is 3.82. The lowest BCUT2D eigenvalue weighted by Gasteiger charge is -2.05. The predicted molar refractivity (Wildman–Crippen MR) is 117 cm³/mol. The number of hydrogen-bond donors (Lipinski definition) is 0. The largest absolute Gasteiger partial charge is 0.454 e. The summed E-state index contributed by atoms with van der Waals surface area (Å²) < 4.78 is 7.09. The van der Waals surface area contributed by atoms with Crippen LogP contribution >= 0.6 is 11.3 Å². The molecule has 0 radical (unpaired) electrons. The van der Waals surface area contributed by atoms with Crippen molar-refractivity contribution in [1.29, 1.82) is 0 Å². The quantitative estimate of drug-likeness (QED) is 0.262. The molecule has 0 aliphatic rings. The molecule has 0 saturated heterocycles. The molecule has 4 aromatic rings. The number of nitrogens with zero attached hydrogens (tertiary/aromatic N) is 3. The van der Waals surface area contributed by atoms with Crippen LogP contribution in [0, 0.1) is 13.8 Å². The van der Waals surface area contributed by atoms with Gasteiger partial charge in [0.05, 0.1) is 5.52 Å². The lowest BCUT2D eigenvalue weighted by atomic mass is 10.1. The topological polar surface area (TPSA) is 74.1 Å². The zero-order valence-electron chi connectivity index (χ0n) is 16.5. The standard InChI is InChI=1S/C23H19N3O3S/c1-15-13-19(16(2)26(15)23-25-11-12-30-23)20(27)14-29-21(28)9-8-18-6-3-5-17-7-4-10-24-22(17)18/h3-13H,14H2,1-2H3/b9-8+. The van der Waals surface area contributed by atoms with E-state index in [9.17, 15) is 9.59 Å². The van der Waals surface area contributed by atoms with Gasteiger partial charge in [0.15, 0.2) is 11.7 Å². The molecular formula is C23H19N3O3S. The second-order valence-electron chi connectivity index (χ2n) is 6.72. The number of fused-ring (bicyclic) bond motifs is 1. The van der Waals surface area contributed by atoms with E-state index >= 15 is 0 Å². The Hall–Kier alpha value is -3.58. The first kappa shape index (κ1) is 19.7. The third-order valence-electron chi connectivity index (χ3n) is 4.75. The molecule has 150 valence electrons. The summed E-state index contributed by atoms with van der Waals surface area (Å²) in [6, 6.07) is 11.3. The number of para-hydroxylation sites is 1. The average Bonchev–Trinajstić information content (AvgIpc) is 3.38. The Kier molecular flexibility index (Phi) is 5.54. The van der Waals surface area contributed by atoms with Crippen molar-refractivity contribution in [2.75, 3.05) is 6.61 Å². The van der Waals surface area contributed by atoms with Gasteiger partial charge in [0.2, 0.25) is 5.78 Å². The summed E-state index contributed by atoms with van der Waals surface area (Å²) in [6.45, 7) is 3.45. The lowest BCUT2D eigenvalue weighted by Crippen LogP contribution is -2.13. The van der Waals surface area contributed by atoms with Crippen LogP contribution in [0.1, 0.15) is 27.3 Å². The van der Waals surface area contributed by atoms with Gasteiger partial charge in [-0.2, -0.15) is 0 Å². The molecule has 30 heavy (non-hydrogen) atoms. The fraction of sp³-hybridized carbons (Fsp3) is 0.130. The Bertz CT molecular complexity index is 1250. The molecular weight excluding hydrogens is 398 g/mol. The van der Waals surface area contributed by atoms with Gasteiger partial charge < -0.3 is 4.74 Å². The maximum absolute atomic E-state index is 12.6. The molecule has 4 rings (SSSR count). The van der Waals surface area contributed by atoms with E-state index in [4.69, 9.17) is 4.74 Å². The molecule has 3 heterocycles. The van der Waals surface area contributed by atoms with Crippen LogP contribution in [0.2, 0.25) is 0 Å². The van der Waals surface area contributed by atoms with Crippen LogP contribution < -0.4 is 0 Å². The van der Waals surface area contributed by atoms with Gasteiger partial charge in [0, 0.05) is 51.8 Å². The second-order valence-corrected chi connectivity index (χ2v) is 7.59. The van der Waals surface area contributed by atoms with Gasteiger partial charge in [-0.1, -0.05) is 24.3 Å². The number of pyridine rings is 1. The molecule has 0 amide bonds. The minimum Gasteiger partial charge on any atom is -0.454 e. The number of aromatic nitrogens is 3. The summed E-state index contributed by atoms with van der Waals surface area (Å²) in [5, 5.41) is 3.67. The molecule has 0 aliphatic heterocycles. The average molecular weight is 417 g/mol. The van der Waals surface area contributed by atoms with Gasteiger partial charge in [-0.25, -0.2) is 9.78 Å². The van der Waals surface area contributed by atoms with Gasteiger partial charge in [-0.05, 0) is 32.1 Å². The van der Waals surface area contributed by atoms with Crippen molar-refractivity contribution in [3.05, 3.63) is 82.8 Å². The molecule has 6 nitrogen and oxygen atoms in total. The number of hydrogen-bond acceptors (Lipinski definition) is 6. The first-order valence-corrected chi connectivity index (χ1v) is 10.2. The SMILES string of the molecule is Cc1cc(C(=O)COC(=O)/C=C/c2cccc3cccnc23)c(C)n1-c1nccs1. The third kappa shape index (κ3) is 3.92. The fourth-order valence-corrected chi connectivity index (χ4v) is 4.10. The number of aryl methyl sites for hydroxylation is 1.